The van der Waals surface area contributed by atoms with Crippen molar-refractivity contribution in [2.75, 3.05) is 25.1 Å². The zero-order valence-electron chi connectivity index (χ0n) is 20.6. The standard InChI is InChI=1S/C26H33N5O4S/c1-20-2-4-22(5-3-20)36(33,34)31-14-8-23-24(27-18-28-25(23)31)29-30-15-12-26(13-16-30)10-6-21(7-11-26)9-17-35-19-32/h2-5,8,14,18-19,21H,6-7,9-13,15-17H2,1H3,(H,27,28,29). The Bertz CT molecular complexity index is 1300. The van der Waals surface area contributed by atoms with Crippen LogP contribution in [0.5, 0.6) is 0 Å². The highest BCUT2D eigenvalue weighted by molar-refractivity contribution is 7.90. The van der Waals surface area contributed by atoms with Crippen LogP contribution in [0.2, 0.25) is 0 Å². The van der Waals surface area contributed by atoms with Gasteiger partial charge in [-0.15, -0.1) is 0 Å². The van der Waals surface area contributed by atoms with E-state index in [2.05, 4.69) is 20.4 Å². The molecule has 1 aliphatic heterocycles. The SMILES string of the molecule is Cc1ccc(S(=O)(=O)n2ccc3c(NN4CCC5(CCC(CCOC=O)CC5)CC4)ncnc32)cc1. The number of carbonyl (C=O) groups excluding carboxylic acids is 1. The third-order valence-corrected chi connectivity index (χ3v) is 9.67. The summed E-state index contributed by atoms with van der Waals surface area (Å²) in [7, 11) is -3.76. The molecule has 5 rings (SSSR count). The number of hydrazine groups is 1. The Morgan fingerprint density at radius 2 is 1.81 bits per heavy atom. The van der Waals surface area contributed by atoms with Gasteiger partial charge in [-0.2, -0.15) is 0 Å². The Morgan fingerprint density at radius 3 is 2.50 bits per heavy atom. The molecule has 0 radical (unpaired) electrons. The Kier molecular flexibility index (Phi) is 6.98. The number of carbonyl (C=O) groups is 1. The quantitative estimate of drug-likeness (QED) is 0.355. The van der Waals surface area contributed by atoms with Crippen LogP contribution < -0.4 is 5.43 Å². The summed E-state index contributed by atoms with van der Waals surface area (Å²) in [5.74, 6) is 1.27. The van der Waals surface area contributed by atoms with Gasteiger partial charge in [-0.1, -0.05) is 17.7 Å². The molecular formula is C26H33N5O4S. The second-order valence-corrected chi connectivity index (χ2v) is 12.0. The molecule has 3 heterocycles. The van der Waals surface area contributed by atoms with Crippen molar-refractivity contribution >= 4 is 33.3 Å². The van der Waals surface area contributed by atoms with E-state index >= 15 is 0 Å². The van der Waals surface area contributed by atoms with Gasteiger partial charge in [0.2, 0.25) is 0 Å². The van der Waals surface area contributed by atoms with Gasteiger partial charge in [0.05, 0.1) is 16.9 Å². The van der Waals surface area contributed by atoms with Crippen molar-refractivity contribution in [3.05, 3.63) is 48.4 Å². The number of rotatable bonds is 8. The fourth-order valence-electron chi connectivity index (χ4n) is 5.64. The molecule has 0 atom stereocenters. The first-order valence-corrected chi connectivity index (χ1v) is 14.1. The monoisotopic (exact) mass is 511 g/mol. The van der Waals surface area contributed by atoms with Gasteiger partial charge >= 0.3 is 0 Å². The fraction of sp³-hybridized carbons (Fsp3) is 0.500. The van der Waals surface area contributed by atoms with E-state index in [4.69, 9.17) is 4.74 Å². The average Bonchev–Trinajstić information content (AvgIpc) is 3.34. The van der Waals surface area contributed by atoms with Crippen LogP contribution in [0.3, 0.4) is 0 Å². The highest BCUT2D eigenvalue weighted by atomic mass is 32.2. The number of hydrogen-bond acceptors (Lipinski definition) is 8. The van der Waals surface area contributed by atoms with E-state index in [9.17, 15) is 13.2 Å². The molecule has 1 N–H and O–H groups in total. The molecule has 1 aliphatic carbocycles. The van der Waals surface area contributed by atoms with Gasteiger partial charge in [0.1, 0.15) is 6.33 Å². The Morgan fingerprint density at radius 1 is 1.08 bits per heavy atom. The predicted octanol–water partition coefficient (Wildman–Crippen LogP) is 4.14. The van der Waals surface area contributed by atoms with Crippen molar-refractivity contribution in [3.8, 4) is 0 Å². The van der Waals surface area contributed by atoms with Crippen molar-refractivity contribution in [1.82, 2.24) is 18.9 Å². The summed E-state index contributed by atoms with van der Waals surface area (Å²) < 4.78 is 32.6. The minimum atomic E-state index is -3.76. The third-order valence-electron chi connectivity index (χ3n) is 7.99. The summed E-state index contributed by atoms with van der Waals surface area (Å²) in [4.78, 5) is 19.3. The van der Waals surface area contributed by atoms with Gasteiger partial charge in [-0.3, -0.25) is 4.79 Å². The molecule has 0 amide bonds. The molecule has 1 saturated carbocycles. The lowest BCUT2D eigenvalue weighted by atomic mass is 9.65. The van der Waals surface area contributed by atoms with Gasteiger partial charge < -0.3 is 10.2 Å². The molecule has 3 aromatic rings. The van der Waals surface area contributed by atoms with E-state index in [1.165, 1.54) is 36.0 Å². The van der Waals surface area contributed by atoms with Crippen LogP contribution in [-0.2, 0) is 19.6 Å². The van der Waals surface area contributed by atoms with Crippen molar-refractivity contribution in [1.29, 1.82) is 0 Å². The van der Waals surface area contributed by atoms with Crippen molar-refractivity contribution < 1.29 is 17.9 Å². The molecule has 0 unspecified atom stereocenters. The Hall–Kier alpha value is -2.98. The summed E-state index contributed by atoms with van der Waals surface area (Å²) in [5, 5.41) is 2.86. The van der Waals surface area contributed by atoms with E-state index in [1.807, 2.05) is 6.92 Å². The lowest BCUT2D eigenvalue weighted by molar-refractivity contribution is -0.129. The first-order chi connectivity index (χ1) is 17.4. The topological polar surface area (TPSA) is 106 Å². The van der Waals surface area contributed by atoms with Crippen LogP contribution in [0.4, 0.5) is 5.82 Å². The molecule has 10 heteroatoms. The molecular weight excluding hydrogens is 478 g/mol. The van der Waals surface area contributed by atoms with E-state index in [1.54, 1.807) is 36.5 Å². The van der Waals surface area contributed by atoms with Gasteiger partial charge in [0.25, 0.3) is 16.5 Å². The van der Waals surface area contributed by atoms with Gasteiger partial charge in [0, 0.05) is 19.3 Å². The van der Waals surface area contributed by atoms with Crippen molar-refractivity contribution in [2.45, 2.75) is 56.8 Å². The maximum atomic E-state index is 13.2. The molecule has 36 heavy (non-hydrogen) atoms. The Labute approximate surface area is 211 Å². The average molecular weight is 512 g/mol. The van der Waals surface area contributed by atoms with Crippen LogP contribution in [0, 0.1) is 18.3 Å². The third kappa shape index (κ3) is 4.97. The molecule has 0 bridgehead atoms. The maximum Gasteiger partial charge on any atom is 0.293 e. The predicted molar refractivity (Wildman–Crippen MR) is 137 cm³/mol. The zero-order chi connectivity index (χ0) is 25.2. The van der Waals surface area contributed by atoms with E-state index < -0.39 is 10.0 Å². The van der Waals surface area contributed by atoms with E-state index in [-0.39, 0.29) is 4.90 Å². The number of ether oxygens (including phenoxy) is 1. The molecule has 1 spiro atoms. The fourth-order valence-corrected chi connectivity index (χ4v) is 6.94. The van der Waals surface area contributed by atoms with Gasteiger partial charge in [0.15, 0.2) is 11.5 Å². The normalized spacial score (nSPS) is 18.9. The van der Waals surface area contributed by atoms with Crippen LogP contribution in [0.1, 0.15) is 50.5 Å². The highest BCUT2D eigenvalue weighted by Gasteiger charge is 2.38. The first-order valence-electron chi connectivity index (χ1n) is 12.6. The molecule has 1 aromatic carbocycles. The van der Waals surface area contributed by atoms with Crippen LogP contribution >= 0.6 is 0 Å². The second-order valence-electron chi connectivity index (χ2n) is 10.2. The van der Waals surface area contributed by atoms with Crippen molar-refractivity contribution in [3.63, 3.8) is 0 Å². The smallest absolute Gasteiger partial charge is 0.293 e. The lowest BCUT2D eigenvalue weighted by Crippen LogP contribution is -2.44. The van der Waals surface area contributed by atoms with E-state index in [0.717, 1.165) is 37.9 Å². The first kappa shape index (κ1) is 24.7. The molecule has 2 fully saturated rings. The van der Waals surface area contributed by atoms with Crippen LogP contribution in [-0.4, -0.2) is 53.5 Å². The largest absolute Gasteiger partial charge is 0.468 e. The van der Waals surface area contributed by atoms with Crippen LogP contribution in [0.25, 0.3) is 11.0 Å². The summed E-state index contributed by atoms with van der Waals surface area (Å²) in [6.45, 7) is 4.81. The number of hydrogen-bond donors (Lipinski definition) is 1. The number of nitrogens with zero attached hydrogens (tertiary/aromatic N) is 4. The number of aryl methyl sites for hydroxylation is 1. The van der Waals surface area contributed by atoms with Crippen molar-refractivity contribution in [2.24, 2.45) is 11.3 Å². The summed E-state index contributed by atoms with van der Waals surface area (Å²) >= 11 is 0. The minimum absolute atomic E-state index is 0.228. The maximum absolute atomic E-state index is 13.2. The highest BCUT2D eigenvalue weighted by Crippen LogP contribution is 2.47. The van der Waals surface area contributed by atoms with E-state index in [0.29, 0.717) is 41.3 Å². The lowest BCUT2D eigenvalue weighted by Gasteiger charge is -2.46. The summed E-state index contributed by atoms with van der Waals surface area (Å²) in [5.41, 5.74) is 5.18. The molecule has 1 saturated heterocycles. The zero-order valence-corrected chi connectivity index (χ0v) is 21.4. The summed E-state index contributed by atoms with van der Waals surface area (Å²) in [6, 6.07) is 8.57. The number of aromatic nitrogens is 3. The molecule has 2 aromatic heterocycles. The number of nitrogens with one attached hydrogen (secondary N) is 1. The number of fused-ring (bicyclic) bond motifs is 1. The second kappa shape index (κ2) is 10.2. The molecule has 9 nitrogen and oxygen atoms in total. The number of benzene rings is 1. The molecule has 2 aliphatic rings. The number of piperidine rings is 1. The molecule has 192 valence electrons. The van der Waals surface area contributed by atoms with Crippen LogP contribution in [0.15, 0.2) is 47.8 Å². The van der Waals surface area contributed by atoms with Gasteiger partial charge in [-0.25, -0.2) is 27.4 Å². The minimum Gasteiger partial charge on any atom is -0.468 e. The Balaban J connectivity index is 1.24. The van der Waals surface area contributed by atoms with Gasteiger partial charge in [-0.05, 0) is 81.4 Å². The number of anilines is 1. The summed E-state index contributed by atoms with van der Waals surface area (Å²) in [6.07, 6.45) is 11.0.